The highest BCUT2D eigenvalue weighted by Crippen LogP contribution is 2.35. The third-order valence-corrected chi connectivity index (χ3v) is 4.41. The van der Waals surface area contributed by atoms with Gasteiger partial charge in [-0.1, -0.05) is 60.1 Å². The Kier molecular flexibility index (Phi) is 4.64. The van der Waals surface area contributed by atoms with E-state index >= 15 is 0 Å². The predicted octanol–water partition coefficient (Wildman–Crippen LogP) is 4.39. The zero-order valence-electron chi connectivity index (χ0n) is 12.3. The summed E-state index contributed by atoms with van der Waals surface area (Å²) < 4.78 is 0. The maximum absolute atomic E-state index is 12.5. The van der Waals surface area contributed by atoms with Gasteiger partial charge in [0.25, 0.3) is 0 Å². The van der Waals surface area contributed by atoms with E-state index in [1.807, 2.05) is 59.5 Å². The first-order chi connectivity index (χ1) is 10.8. The summed E-state index contributed by atoms with van der Waals surface area (Å²) in [5.74, 6) is 0. The molecule has 2 amide bonds. The lowest BCUT2D eigenvalue weighted by Gasteiger charge is -2.26. The Morgan fingerprint density at radius 1 is 1.14 bits per heavy atom. The van der Waals surface area contributed by atoms with Crippen molar-refractivity contribution in [2.24, 2.45) is 0 Å². The van der Waals surface area contributed by atoms with Gasteiger partial charge in [0.1, 0.15) is 0 Å². The molecule has 1 aliphatic heterocycles. The van der Waals surface area contributed by atoms with Crippen LogP contribution in [0.5, 0.6) is 0 Å². The van der Waals surface area contributed by atoms with Crippen LogP contribution in [0.2, 0.25) is 5.02 Å². The average molecular weight is 315 g/mol. The molecule has 2 aromatic rings. The number of nitrogens with one attached hydrogen (secondary N) is 1. The third-order valence-electron chi connectivity index (χ3n) is 4.06. The van der Waals surface area contributed by atoms with Crippen molar-refractivity contribution in [3.8, 4) is 0 Å². The molecule has 1 saturated heterocycles. The molecule has 1 unspecified atom stereocenters. The molecule has 0 radical (unpaired) electrons. The minimum absolute atomic E-state index is 0.0220. The van der Waals surface area contributed by atoms with Crippen LogP contribution in [0.3, 0.4) is 0 Å². The Balaban J connectivity index is 1.68. The Hall–Kier alpha value is -2.00. The molecular weight excluding hydrogens is 296 g/mol. The molecule has 0 bridgehead atoms. The molecule has 0 spiro atoms. The molecule has 1 fully saturated rings. The number of hydrogen-bond acceptors (Lipinski definition) is 1. The molecule has 0 aliphatic carbocycles. The van der Waals surface area contributed by atoms with Crippen molar-refractivity contribution in [1.29, 1.82) is 0 Å². The van der Waals surface area contributed by atoms with Crippen LogP contribution >= 0.6 is 11.6 Å². The number of likely N-dealkylation sites (tertiary alicyclic amines) is 1. The van der Waals surface area contributed by atoms with Crippen molar-refractivity contribution in [3.05, 3.63) is 70.7 Å². The Bertz CT molecular complexity index is 645. The fourth-order valence-electron chi connectivity index (χ4n) is 2.95. The number of carbonyl (C=O) groups is 1. The maximum atomic E-state index is 12.5. The van der Waals surface area contributed by atoms with E-state index in [2.05, 4.69) is 5.32 Å². The molecule has 1 aliphatic rings. The van der Waals surface area contributed by atoms with Crippen LogP contribution in [-0.4, -0.2) is 17.5 Å². The smallest absolute Gasteiger partial charge is 0.318 e. The molecule has 114 valence electrons. The number of rotatable bonds is 3. The number of nitrogens with zero attached hydrogens (tertiary/aromatic N) is 1. The van der Waals surface area contributed by atoms with E-state index in [1.165, 1.54) is 0 Å². The molecule has 4 heteroatoms. The first-order valence-corrected chi connectivity index (χ1v) is 7.96. The normalized spacial score (nSPS) is 17.5. The Morgan fingerprint density at radius 3 is 2.64 bits per heavy atom. The van der Waals surface area contributed by atoms with E-state index in [1.54, 1.807) is 0 Å². The van der Waals surface area contributed by atoms with Crippen LogP contribution < -0.4 is 5.32 Å². The van der Waals surface area contributed by atoms with E-state index in [-0.39, 0.29) is 12.1 Å². The predicted molar refractivity (Wildman–Crippen MR) is 88.8 cm³/mol. The van der Waals surface area contributed by atoms with Crippen molar-refractivity contribution in [2.75, 3.05) is 6.54 Å². The highest BCUT2D eigenvalue weighted by molar-refractivity contribution is 6.31. The van der Waals surface area contributed by atoms with Crippen LogP contribution in [0, 0.1) is 0 Å². The van der Waals surface area contributed by atoms with E-state index < -0.39 is 0 Å². The summed E-state index contributed by atoms with van der Waals surface area (Å²) in [7, 11) is 0. The number of halogens is 1. The quantitative estimate of drug-likeness (QED) is 0.895. The van der Waals surface area contributed by atoms with E-state index in [0.29, 0.717) is 6.54 Å². The van der Waals surface area contributed by atoms with Crippen LogP contribution in [0.4, 0.5) is 4.79 Å². The molecule has 2 aromatic carbocycles. The lowest BCUT2D eigenvalue weighted by molar-refractivity contribution is 0.192. The van der Waals surface area contributed by atoms with Crippen LogP contribution in [0.1, 0.15) is 30.0 Å². The van der Waals surface area contributed by atoms with Crippen LogP contribution in [0.25, 0.3) is 0 Å². The topological polar surface area (TPSA) is 32.3 Å². The maximum Gasteiger partial charge on any atom is 0.318 e. The number of carbonyl (C=O) groups excluding carboxylic acids is 1. The zero-order valence-corrected chi connectivity index (χ0v) is 13.1. The minimum Gasteiger partial charge on any atom is -0.334 e. The van der Waals surface area contributed by atoms with Gasteiger partial charge in [0.2, 0.25) is 0 Å². The van der Waals surface area contributed by atoms with Crippen LogP contribution in [-0.2, 0) is 6.54 Å². The highest BCUT2D eigenvalue weighted by atomic mass is 35.5. The third kappa shape index (κ3) is 3.25. The fourth-order valence-corrected chi connectivity index (χ4v) is 3.22. The molecule has 3 rings (SSSR count). The molecule has 0 aromatic heterocycles. The Labute approximate surface area is 135 Å². The van der Waals surface area contributed by atoms with Crippen molar-refractivity contribution in [3.63, 3.8) is 0 Å². The van der Waals surface area contributed by atoms with Gasteiger partial charge in [0.05, 0.1) is 6.04 Å². The van der Waals surface area contributed by atoms with Crippen molar-refractivity contribution in [2.45, 2.75) is 25.4 Å². The van der Waals surface area contributed by atoms with Crippen molar-refractivity contribution >= 4 is 17.6 Å². The second kappa shape index (κ2) is 6.84. The van der Waals surface area contributed by atoms with Gasteiger partial charge in [0, 0.05) is 18.1 Å². The lowest BCUT2D eigenvalue weighted by Crippen LogP contribution is -2.39. The summed E-state index contributed by atoms with van der Waals surface area (Å²) in [5.41, 5.74) is 2.14. The number of benzene rings is 2. The molecule has 1 heterocycles. The number of urea groups is 1. The van der Waals surface area contributed by atoms with E-state index in [9.17, 15) is 4.79 Å². The molecular formula is C18H19ClN2O. The van der Waals surface area contributed by atoms with Gasteiger partial charge < -0.3 is 10.2 Å². The van der Waals surface area contributed by atoms with Gasteiger partial charge in [-0.3, -0.25) is 0 Å². The lowest BCUT2D eigenvalue weighted by atomic mass is 10.0. The van der Waals surface area contributed by atoms with Crippen LogP contribution in [0.15, 0.2) is 54.6 Å². The first kappa shape index (κ1) is 14.9. The van der Waals surface area contributed by atoms with Crippen molar-refractivity contribution < 1.29 is 4.79 Å². The average Bonchev–Trinajstić information content (AvgIpc) is 3.03. The summed E-state index contributed by atoms with van der Waals surface area (Å²) in [6.45, 7) is 1.32. The van der Waals surface area contributed by atoms with Gasteiger partial charge >= 0.3 is 6.03 Å². The molecule has 1 N–H and O–H groups in total. The van der Waals surface area contributed by atoms with E-state index in [4.69, 9.17) is 11.6 Å². The zero-order chi connectivity index (χ0) is 15.4. The largest absolute Gasteiger partial charge is 0.334 e. The summed E-state index contributed by atoms with van der Waals surface area (Å²) in [4.78, 5) is 14.4. The van der Waals surface area contributed by atoms with Gasteiger partial charge in [-0.05, 0) is 30.0 Å². The standard InChI is InChI=1S/C18H19ClN2O/c19-16-10-5-4-9-15(16)17-11-6-12-21(17)18(22)20-13-14-7-2-1-3-8-14/h1-5,7-10,17H,6,11-13H2,(H,20,22). The second-order valence-corrected chi connectivity index (χ2v) is 5.92. The second-order valence-electron chi connectivity index (χ2n) is 5.52. The van der Waals surface area contributed by atoms with Gasteiger partial charge in [-0.25, -0.2) is 4.79 Å². The molecule has 3 nitrogen and oxygen atoms in total. The summed E-state index contributed by atoms with van der Waals surface area (Å²) in [6, 6.07) is 17.8. The van der Waals surface area contributed by atoms with Gasteiger partial charge in [-0.2, -0.15) is 0 Å². The summed E-state index contributed by atoms with van der Waals surface area (Å²) >= 11 is 6.29. The molecule has 0 saturated carbocycles. The number of hydrogen-bond donors (Lipinski definition) is 1. The first-order valence-electron chi connectivity index (χ1n) is 7.58. The summed E-state index contributed by atoms with van der Waals surface area (Å²) in [6.07, 6.45) is 1.97. The van der Waals surface area contributed by atoms with Gasteiger partial charge in [0.15, 0.2) is 0 Å². The summed E-state index contributed by atoms with van der Waals surface area (Å²) in [5, 5.41) is 3.74. The van der Waals surface area contributed by atoms with E-state index in [0.717, 1.165) is 35.5 Å². The van der Waals surface area contributed by atoms with Gasteiger partial charge in [-0.15, -0.1) is 0 Å². The Morgan fingerprint density at radius 2 is 1.86 bits per heavy atom. The minimum atomic E-state index is -0.0220. The SMILES string of the molecule is O=C(NCc1ccccc1)N1CCCC1c1ccccc1Cl. The fraction of sp³-hybridized carbons (Fsp3) is 0.278. The molecule has 1 atom stereocenters. The molecule has 22 heavy (non-hydrogen) atoms. The monoisotopic (exact) mass is 314 g/mol. The number of amides is 2. The highest BCUT2D eigenvalue weighted by Gasteiger charge is 2.30. The van der Waals surface area contributed by atoms with Crippen molar-refractivity contribution in [1.82, 2.24) is 10.2 Å².